The molecule has 7 heteroatoms. The maximum absolute atomic E-state index is 11.8. The van der Waals surface area contributed by atoms with Gasteiger partial charge in [-0.25, -0.2) is 13.1 Å². The third-order valence-corrected chi connectivity index (χ3v) is 5.90. The fourth-order valence-corrected chi connectivity index (χ4v) is 4.14. The lowest BCUT2D eigenvalue weighted by molar-refractivity contribution is -0.123. The molecule has 1 atom stereocenters. The Morgan fingerprint density at radius 3 is 1.48 bits per heavy atom. The number of carbonyl (C=O) groups excluding carboxylic acids is 1. The molecule has 0 fully saturated rings. The molecule has 0 aromatic carbocycles. The van der Waals surface area contributed by atoms with Crippen molar-refractivity contribution in [1.29, 1.82) is 0 Å². The Labute approximate surface area is 179 Å². The van der Waals surface area contributed by atoms with Crippen molar-refractivity contribution < 1.29 is 18.3 Å². The first-order valence-electron chi connectivity index (χ1n) is 11.8. The first kappa shape index (κ1) is 28.3. The molecule has 0 aliphatic rings. The number of amides is 1. The van der Waals surface area contributed by atoms with Crippen LogP contribution in [0.2, 0.25) is 0 Å². The highest BCUT2D eigenvalue weighted by Gasteiger charge is 2.20. The lowest BCUT2D eigenvalue weighted by Gasteiger charge is -2.14. The summed E-state index contributed by atoms with van der Waals surface area (Å²) in [5.74, 6) is -0.473. The van der Waals surface area contributed by atoms with Gasteiger partial charge in [0, 0.05) is 6.54 Å². The summed E-state index contributed by atoms with van der Waals surface area (Å²) in [6.07, 6.45) is 21.8. The van der Waals surface area contributed by atoms with Gasteiger partial charge in [0.05, 0.1) is 12.9 Å². The van der Waals surface area contributed by atoms with Crippen LogP contribution in [0.4, 0.5) is 0 Å². The number of hydrogen-bond donors (Lipinski definition) is 3. The molecule has 0 rings (SSSR count). The number of unbranched alkanes of at least 4 members (excludes halogenated alkanes) is 15. The van der Waals surface area contributed by atoms with Gasteiger partial charge in [-0.15, -0.1) is 0 Å². The smallest absolute Gasteiger partial charge is 0.240 e. The second kappa shape index (κ2) is 19.3. The molecule has 0 aliphatic carbocycles. The van der Waals surface area contributed by atoms with Crippen LogP contribution in [0.25, 0.3) is 0 Å². The Bertz CT molecular complexity index is 483. The molecule has 3 N–H and O–H groups in total. The van der Waals surface area contributed by atoms with E-state index in [1.165, 1.54) is 89.9 Å². The minimum atomic E-state index is -3.51. The van der Waals surface area contributed by atoms with Gasteiger partial charge in [-0.05, 0) is 6.42 Å². The second-order valence-corrected chi connectivity index (χ2v) is 10.00. The van der Waals surface area contributed by atoms with E-state index in [1.54, 1.807) is 0 Å². The van der Waals surface area contributed by atoms with Gasteiger partial charge in [-0.1, -0.05) is 103 Å². The lowest BCUT2D eigenvalue weighted by Crippen LogP contribution is -2.48. The van der Waals surface area contributed by atoms with Gasteiger partial charge in [0.1, 0.15) is 6.04 Å². The van der Waals surface area contributed by atoms with Crippen LogP contribution >= 0.6 is 0 Å². The third kappa shape index (κ3) is 20.4. The van der Waals surface area contributed by atoms with Crippen molar-refractivity contribution in [2.75, 3.05) is 19.4 Å². The van der Waals surface area contributed by atoms with Gasteiger partial charge in [0.25, 0.3) is 0 Å². The van der Waals surface area contributed by atoms with Crippen molar-refractivity contribution in [3.8, 4) is 0 Å². The number of nitrogens with one attached hydrogen (secondary N) is 2. The molecular formula is C22H46N2O4S. The summed E-state index contributed by atoms with van der Waals surface area (Å²) in [6, 6.07) is -1.11. The quantitative estimate of drug-likeness (QED) is 0.235. The average Bonchev–Trinajstić information content (AvgIpc) is 2.67. The van der Waals surface area contributed by atoms with Crippen molar-refractivity contribution in [3.05, 3.63) is 0 Å². The molecule has 0 bridgehead atoms. The monoisotopic (exact) mass is 434 g/mol. The van der Waals surface area contributed by atoms with Gasteiger partial charge < -0.3 is 10.4 Å². The van der Waals surface area contributed by atoms with Crippen molar-refractivity contribution in [2.45, 2.75) is 116 Å². The second-order valence-electron chi connectivity index (χ2n) is 8.22. The number of aliphatic hydroxyl groups is 1. The van der Waals surface area contributed by atoms with Crippen LogP contribution in [0.3, 0.4) is 0 Å². The summed E-state index contributed by atoms with van der Waals surface area (Å²) in [4.78, 5) is 11.8. The molecule has 0 aromatic heterocycles. The fourth-order valence-electron chi connectivity index (χ4n) is 3.44. The largest absolute Gasteiger partial charge is 0.394 e. The van der Waals surface area contributed by atoms with E-state index in [0.29, 0.717) is 6.54 Å². The van der Waals surface area contributed by atoms with E-state index in [2.05, 4.69) is 17.0 Å². The van der Waals surface area contributed by atoms with Crippen molar-refractivity contribution >= 4 is 15.9 Å². The highest BCUT2D eigenvalue weighted by molar-refractivity contribution is 7.88. The highest BCUT2D eigenvalue weighted by atomic mass is 32.2. The molecule has 0 spiro atoms. The van der Waals surface area contributed by atoms with Gasteiger partial charge in [-0.2, -0.15) is 0 Å². The zero-order chi connectivity index (χ0) is 21.8. The molecule has 0 aromatic rings. The van der Waals surface area contributed by atoms with Crippen molar-refractivity contribution in [1.82, 2.24) is 10.0 Å². The van der Waals surface area contributed by atoms with E-state index in [9.17, 15) is 13.2 Å². The summed E-state index contributed by atoms with van der Waals surface area (Å²) in [7, 11) is -3.51. The maximum Gasteiger partial charge on any atom is 0.240 e. The molecule has 0 saturated carbocycles. The minimum Gasteiger partial charge on any atom is -0.394 e. The van der Waals surface area contributed by atoms with E-state index < -0.39 is 28.6 Å². The van der Waals surface area contributed by atoms with Crippen LogP contribution < -0.4 is 10.0 Å². The Balaban J connectivity index is 3.36. The van der Waals surface area contributed by atoms with E-state index in [-0.39, 0.29) is 0 Å². The Morgan fingerprint density at radius 2 is 1.14 bits per heavy atom. The molecule has 1 amide bonds. The van der Waals surface area contributed by atoms with Gasteiger partial charge >= 0.3 is 0 Å². The molecular weight excluding hydrogens is 388 g/mol. The van der Waals surface area contributed by atoms with Crippen LogP contribution in [-0.4, -0.2) is 44.9 Å². The Hall–Kier alpha value is -0.660. The topological polar surface area (TPSA) is 95.5 Å². The molecule has 0 heterocycles. The molecule has 0 radical (unpaired) electrons. The molecule has 174 valence electrons. The fraction of sp³-hybridized carbons (Fsp3) is 0.955. The average molecular weight is 435 g/mol. The zero-order valence-corrected chi connectivity index (χ0v) is 19.7. The third-order valence-electron chi connectivity index (χ3n) is 5.18. The number of hydrogen-bond acceptors (Lipinski definition) is 4. The summed E-state index contributed by atoms with van der Waals surface area (Å²) in [5, 5.41) is 11.8. The highest BCUT2D eigenvalue weighted by Crippen LogP contribution is 2.13. The van der Waals surface area contributed by atoms with Crippen LogP contribution in [-0.2, 0) is 14.8 Å². The summed E-state index contributed by atoms with van der Waals surface area (Å²) in [5.41, 5.74) is 0. The van der Waals surface area contributed by atoms with Crippen LogP contribution in [0.15, 0.2) is 0 Å². The summed E-state index contributed by atoms with van der Waals surface area (Å²) >= 11 is 0. The van der Waals surface area contributed by atoms with Gasteiger partial charge in [-0.3, -0.25) is 4.79 Å². The molecule has 0 saturated heterocycles. The van der Waals surface area contributed by atoms with E-state index >= 15 is 0 Å². The van der Waals surface area contributed by atoms with Crippen LogP contribution in [0.5, 0.6) is 0 Å². The SMILES string of the molecule is CCCCCCCCCCCCCCCCCCNC(=O)[C@H](CO)NS(C)(=O)=O. The van der Waals surface area contributed by atoms with Crippen molar-refractivity contribution in [2.24, 2.45) is 0 Å². The zero-order valence-electron chi connectivity index (χ0n) is 18.9. The summed E-state index contributed by atoms with van der Waals surface area (Å²) < 4.78 is 24.4. The van der Waals surface area contributed by atoms with E-state index in [4.69, 9.17) is 5.11 Å². The standard InChI is InChI=1S/C22H46N2O4S/c1-3-4-5-6-7-8-9-10-11-12-13-14-15-16-17-18-19-23-22(26)21(20-25)24-29(2,27)28/h21,24-25H,3-20H2,1-2H3,(H,23,26)/t21-/m0/s1. The van der Waals surface area contributed by atoms with Gasteiger partial charge in [0.15, 0.2) is 0 Å². The molecule has 0 unspecified atom stereocenters. The molecule has 0 aliphatic heterocycles. The van der Waals surface area contributed by atoms with E-state index in [0.717, 1.165) is 19.1 Å². The number of carbonyl (C=O) groups is 1. The van der Waals surface area contributed by atoms with Crippen molar-refractivity contribution in [3.63, 3.8) is 0 Å². The first-order valence-corrected chi connectivity index (χ1v) is 13.7. The Kier molecular flexibility index (Phi) is 18.9. The first-order chi connectivity index (χ1) is 13.9. The normalized spacial score (nSPS) is 12.8. The van der Waals surface area contributed by atoms with Crippen LogP contribution in [0, 0.1) is 0 Å². The lowest BCUT2D eigenvalue weighted by atomic mass is 10.0. The number of aliphatic hydroxyl groups excluding tert-OH is 1. The van der Waals surface area contributed by atoms with Crippen LogP contribution in [0.1, 0.15) is 110 Å². The molecule has 29 heavy (non-hydrogen) atoms. The van der Waals surface area contributed by atoms with Gasteiger partial charge in [0.2, 0.25) is 15.9 Å². The number of rotatable bonds is 21. The maximum atomic E-state index is 11.8. The Morgan fingerprint density at radius 1 is 0.759 bits per heavy atom. The predicted octanol–water partition coefficient (Wildman–Crippen LogP) is 4.27. The summed E-state index contributed by atoms with van der Waals surface area (Å²) in [6.45, 7) is 2.23. The molecule has 6 nitrogen and oxygen atoms in total. The van der Waals surface area contributed by atoms with E-state index in [1.807, 2.05) is 0 Å². The minimum absolute atomic E-state index is 0.473. The number of sulfonamides is 1. The predicted molar refractivity (Wildman–Crippen MR) is 121 cm³/mol.